The summed E-state index contributed by atoms with van der Waals surface area (Å²) in [4.78, 5) is 24.8. The first-order chi connectivity index (χ1) is 30.2. The Morgan fingerprint density at radius 3 is 1.52 bits per heavy atom. The van der Waals surface area contributed by atoms with Gasteiger partial charge in [-0.3, -0.25) is 9.97 Å². The van der Waals surface area contributed by atoms with Crippen molar-refractivity contribution in [3.05, 3.63) is 207 Å². The first kappa shape index (κ1) is 34.7. The average Bonchev–Trinajstić information content (AvgIpc) is 3.67. The van der Waals surface area contributed by atoms with Gasteiger partial charge in [0.2, 0.25) is 0 Å². The summed E-state index contributed by atoms with van der Waals surface area (Å²) in [7, 11) is 0. The molecule has 0 saturated heterocycles. The van der Waals surface area contributed by atoms with Crippen molar-refractivity contribution in [2.24, 2.45) is 0 Å². The molecule has 284 valence electrons. The lowest BCUT2D eigenvalue weighted by Gasteiger charge is -2.13. The van der Waals surface area contributed by atoms with Crippen molar-refractivity contribution >= 4 is 54.4 Å². The zero-order valence-electron chi connectivity index (χ0n) is 32.8. The maximum Gasteiger partial charge on any atom is 0.164 e. The Labute approximate surface area is 351 Å². The molecule has 0 spiro atoms. The molecule has 6 nitrogen and oxygen atoms in total. The first-order valence-electron chi connectivity index (χ1n) is 20.4. The van der Waals surface area contributed by atoms with Crippen LogP contribution in [-0.4, -0.2) is 29.5 Å². The van der Waals surface area contributed by atoms with Gasteiger partial charge in [0.15, 0.2) is 17.5 Å². The minimum Gasteiger partial charge on any atom is -0.309 e. The van der Waals surface area contributed by atoms with E-state index >= 15 is 0 Å². The molecule has 0 aliphatic rings. The Hall–Kier alpha value is -8.35. The number of hydrogen-bond acceptors (Lipinski definition) is 5. The average molecular weight is 779 g/mol. The van der Waals surface area contributed by atoms with Crippen molar-refractivity contribution < 1.29 is 0 Å². The molecule has 61 heavy (non-hydrogen) atoms. The number of hydrogen-bond donors (Lipinski definition) is 0. The van der Waals surface area contributed by atoms with Crippen molar-refractivity contribution in [2.45, 2.75) is 0 Å². The van der Waals surface area contributed by atoms with Crippen LogP contribution in [0, 0.1) is 0 Å². The van der Waals surface area contributed by atoms with E-state index in [0.29, 0.717) is 17.5 Å². The molecule has 9 aromatic carbocycles. The van der Waals surface area contributed by atoms with Crippen LogP contribution >= 0.6 is 0 Å². The van der Waals surface area contributed by atoms with E-state index in [2.05, 4.69) is 162 Å². The Bertz CT molecular complexity index is 3630. The summed E-state index contributed by atoms with van der Waals surface area (Å²) in [5, 5.41) is 6.93. The predicted molar refractivity (Wildman–Crippen MR) is 249 cm³/mol. The monoisotopic (exact) mass is 778 g/mol. The fraction of sp³-hybridized carbons (Fsp3) is 0. The van der Waals surface area contributed by atoms with Gasteiger partial charge < -0.3 is 4.57 Å². The Morgan fingerprint density at radius 2 is 0.787 bits per heavy atom. The van der Waals surface area contributed by atoms with E-state index in [1.807, 2.05) is 36.4 Å². The smallest absolute Gasteiger partial charge is 0.164 e. The molecule has 3 aromatic heterocycles. The molecule has 0 radical (unpaired) electrons. The van der Waals surface area contributed by atoms with Gasteiger partial charge in [0.25, 0.3) is 0 Å². The van der Waals surface area contributed by atoms with Crippen LogP contribution in [0.25, 0.3) is 116 Å². The van der Waals surface area contributed by atoms with Crippen LogP contribution in [0.3, 0.4) is 0 Å². The predicted octanol–water partition coefficient (Wildman–Crippen LogP) is 13.6. The fourth-order valence-corrected chi connectivity index (χ4v) is 8.82. The summed E-state index contributed by atoms with van der Waals surface area (Å²) < 4.78 is 2.38. The van der Waals surface area contributed by atoms with Crippen LogP contribution in [-0.2, 0) is 0 Å². The molecule has 12 rings (SSSR count). The van der Waals surface area contributed by atoms with Crippen molar-refractivity contribution in [1.29, 1.82) is 0 Å². The van der Waals surface area contributed by atoms with E-state index in [-0.39, 0.29) is 0 Å². The highest BCUT2D eigenvalue weighted by molar-refractivity contribution is 6.27. The zero-order valence-corrected chi connectivity index (χ0v) is 32.8. The van der Waals surface area contributed by atoms with E-state index in [1.54, 1.807) is 12.4 Å². The normalized spacial score (nSPS) is 11.6. The molecule has 0 aliphatic heterocycles. The summed E-state index contributed by atoms with van der Waals surface area (Å²) in [6.07, 6.45) is 3.57. The van der Waals surface area contributed by atoms with E-state index in [9.17, 15) is 0 Å². The van der Waals surface area contributed by atoms with E-state index in [0.717, 1.165) is 71.9 Å². The SMILES string of the molecule is c1ccc(-c2ccc(-c3nc(-c4ccccc4)nc(-c4cccc(-c5cccc(-n6c7ccccc7c7cc8c9ccccc9c9nccnc9c8cc76)c5)c4)n3)cc2)cc1. The third kappa shape index (κ3) is 5.92. The van der Waals surface area contributed by atoms with E-state index in [4.69, 9.17) is 24.9 Å². The second kappa shape index (κ2) is 14.2. The Morgan fingerprint density at radius 1 is 0.279 bits per heavy atom. The summed E-state index contributed by atoms with van der Waals surface area (Å²) >= 11 is 0. The summed E-state index contributed by atoms with van der Waals surface area (Å²) in [6, 6.07) is 68.0. The molecular weight excluding hydrogens is 745 g/mol. The molecule has 6 heteroatoms. The van der Waals surface area contributed by atoms with Gasteiger partial charge in [-0.25, -0.2) is 15.0 Å². The highest BCUT2D eigenvalue weighted by Crippen LogP contribution is 2.40. The largest absolute Gasteiger partial charge is 0.309 e. The molecule has 12 aromatic rings. The van der Waals surface area contributed by atoms with E-state index in [1.165, 1.54) is 27.1 Å². The molecule has 3 heterocycles. The molecule has 0 N–H and O–H groups in total. The number of rotatable bonds is 6. The summed E-state index contributed by atoms with van der Waals surface area (Å²) in [5.74, 6) is 1.87. The van der Waals surface area contributed by atoms with Crippen LogP contribution in [0.5, 0.6) is 0 Å². The van der Waals surface area contributed by atoms with Crippen LogP contribution in [0.4, 0.5) is 0 Å². The van der Waals surface area contributed by atoms with Gasteiger partial charge in [-0.05, 0) is 69.4 Å². The highest BCUT2D eigenvalue weighted by atomic mass is 15.0. The van der Waals surface area contributed by atoms with Gasteiger partial charge in [0, 0.05) is 56.3 Å². The van der Waals surface area contributed by atoms with Crippen LogP contribution in [0.15, 0.2) is 207 Å². The fourth-order valence-electron chi connectivity index (χ4n) is 8.82. The third-order valence-corrected chi connectivity index (χ3v) is 11.7. The molecule has 0 bridgehead atoms. The number of nitrogens with zero attached hydrogens (tertiary/aromatic N) is 6. The standard InChI is InChI=1S/C55H34N6/c1-3-13-35(14-4-1)36-25-27-38(28-26-36)54-58-53(37-15-5-2-6-16-37)59-55(60-54)41-19-11-17-39(31-41)40-18-12-20-42(32-40)61-49-24-10-9-22-44(49)47-33-46-43-21-7-8-23-45(43)51-52(57-30-29-56-51)48(46)34-50(47)61/h1-34H. The third-order valence-electron chi connectivity index (χ3n) is 11.7. The van der Waals surface area contributed by atoms with Gasteiger partial charge >= 0.3 is 0 Å². The lowest BCUT2D eigenvalue weighted by molar-refractivity contribution is 1.07. The number of para-hydroxylation sites is 1. The lowest BCUT2D eigenvalue weighted by atomic mass is 9.97. The molecule has 0 amide bonds. The second-order valence-electron chi connectivity index (χ2n) is 15.3. The Balaban J connectivity index is 0.988. The molecular formula is C55H34N6. The molecule has 0 fully saturated rings. The van der Waals surface area contributed by atoms with Crippen molar-refractivity contribution in [1.82, 2.24) is 29.5 Å². The lowest BCUT2D eigenvalue weighted by Crippen LogP contribution is -2.00. The zero-order chi connectivity index (χ0) is 40.3. The molecule has 0 atom stereocenters. The van der Waals surface area contributed by atoms with Crippen molar-refractivity contribution in [2.75, 3.05) is 0 Å². The topological polar surface area (TPSA) is 69.4 Å². The minimum absolute atomic E-state index is 0.617. The summed E-state index contributed by atoms with van der Waals surface area (Å²) in [5.41, 5.74) is 12.4. The van der Waals surface area contributed by atoms with Gasteiger partial charge in [-0.2, -0.15) is 0 Å². The molecule has 0 saturated carbocycles. The van der Waals surface area contributed by atoms with Crippen molar-refractivity contribution in [3.63, 3.8) is 0 Å². The van der Waals surface area contributed by atoms with Gasteiger partial charge in [0.05, 0.1) is 22.1 Å². The van der Waals surface area contributed by atoms with Gasteiger partial charge in [-0.15, -0.1) is 0 Å². The van der Waals surface area contributed by atoms with Crippen LogP contribution in [0.2, 0.25) is 0 Å². The van der Waals surface area contributed by atoms with Gasteiger partial charge in [0.1, 0.15) is 0 Å². The maximum atomic E-state index is 5.09. The maximum absolute atomic E-state index is 5.09. The number of benzene rings is 9. The van der Waals surface area contributed by atoms with Crippen LogP contribution < -0.4 is 0 Å². The quantitative estimate of drug-likeness (QED) is 0.157. The minimum atomic E-state index is 0.617. The number of aromatic nitrogens is 6. The number of fused-ring (bicyclic) bond motifs is 9. The second-order valence-corrected chi connectivity index (χ2v) is 15.3. The molecule has 0 aliphatic carbocycles. The summed E-state index contributed by atoms with van der Waals surface area (Å²) in [6.45, 7) is 0. The van der Waals surface area contributed by atoms with Crippen LogP contribution in [0.1, 0.15) is 0 Å². The van der Waals surface area contributed by atoms with Gasteiger partial charge in [-0.1, -0.05) is 158 Å². The Kier molecular flexibility index (Phi) is 8.06. The van der Waals surface area contributed by atoms with Crippen molar-refractivity contribution in [3.8, 4) is 62.1 Å². The first-order valence-corrected chi connectivity index (χ1v) is 20.4. The van der Waals surface area contributed by atoms with E-state index < -0.39 is 0 Å². The highest BCUT2D eigenvalue weighted by Gasteiger charge is 2.18. The molecule has 0 unspecified atom stereocenters.